The Morgan fingerprint density at radius 2 is 1.95 bits per heavy atom. The summed E-state index contributed by atoms with van der Waals surface area (Å²) in [5.41, 5.74) is 0.0628. The maximum Gasteiger partial charge on any atom is 0.348 e. The third-order valence-electron chi connectivity index (χ3n) is 2.80. The van der Waals surface area contributed by atoms with Crippen LogP contribution in [0.15, 0.2) is 53.5 Å². The monoisotopic (exact) mass is 315 g/mol. The summed E-state index contributed by atoms with van der Waals surface area (Å²) in [7, 11) is 0. The number of nitrogens with one attached hydrogen (secondary N) is 2. The van der Waals surface area contributed by atoms with Crippen molar-refractivity contribution in [2.45, 2.75) is 0 Å². The third-order valence-corrected chi connectivity index (χ3v) is 3.03. The Balaban J connectivity index is 1.85. The van der Waals surface area contributed by atoms with Gasteiger partial charge in [-0.2, -0.15) is 4.68 Å². The number of hydrogen-bond acceptors (Lipinski definition) is 4. The van der Waals surface area contributed by atoms with Crippen molar-refractivity contribution in [2.75, 3.05) is 5.32 Å². The Kier molecular flexibility index (Phi) is 3.71. The second-order valence-electron chi connectivity index (χ2n) is 4.34. The normalized spacial score (nSPS) is 10.4. The zero-order valence-electron chi connectivity index (χ0n) is 11.2. The van der Waals surface area contributed by atoms with E-state index in [1.54, 1.807) is 36.4 Å². The highest BCUT2D eigenvalue weighted by molar-refractivity contribution is 6.30. The number of benzene rings is 1. The van der Waals surface area contributed by atoms with E-state index in [2.05, 4.69) is 20.4 Å². The second-order valence-corrected chi connectivity index (χ2v) is 4.78. The van der Waals surface area contributed by atoms with Crippen LogP contribution in [0.1, 0.15) is 10.6 Å². The lowest BCUT2D eigenvalue weighted by molar-refractivity contribution is 0.101. The highest BCUT2D eigenvalue weighted by Gasteiger charge is 2.14. The fraction of sp³-hybridized carbons (Fsp3) is 0. The summed E-state index contributed by atoms with van der Waals surface area (Å²) in [4.78, 5) is 30.3. The second kappa shape index (κ2) is 5.82. The molecule has 0 aliphatic heterocycles. The maximum atomic E-state index is 12.1. The molecule has 0 saturated carbocycles. The van der Waals surface area contributed by atoms with E-state index in [0.717, 1.165) is 4.68 Å². The van der Waals surface area contributed by atoms with E-state index in [-0.39, 0.29) is 5.82 Å². The van der Waals surface area contributed by atoms with E-state index in [1.807, 2.05) is 6.07 Å². The average Bonchev–Trinajstić information content (AvgIpc) is 2.92. The van der Waals surface area contributed by atoms with Gasteiger partial charge < -0.3 is 5.32 Å². The number of pyridine rings is 1. The van der Waals surface area contributed by atoms with Gasteiger partial charge in [0.1, 0.15) is 5.82 Å². The maximum absolute atomic E-state index is 12.1. The molecular formula is C14H10ClN5O2. The van der Waals surface area contributed by atoms with E-state index >= 15 is 0 Å². The molecule has 8 heteroatoms. The van der Waals surface area contributed by atoms with Gasteiger partial charge in [-0.05, 0) is 24.3 Å². The minimum atomic E-state index is -0.568. The molecule has 0 saturated heterocycles. The molecule has 0 radical (unpaired) electrons. The molecule has 3 rings (SSSR count). The molecule has 0 bridgehead atoms. The fourth-order valence-electron chi connectivity index (χ4n) is 1.80. The molecule has 0 atom stereocenters. The number of H-pyrrole nitrogens is 1. The zero-order valence-corrected chi connectivity index (χ0v) is 11.9. The van der Waals surface area contributed by atoms with E-state index in [0.29, 0.717) is 16.5 Å². The number of halogens is 1. The molecule has 110 valence electrons. The van der Waals surface area contributed by atoms with E-state index in [4.69, 9.17) is 11.6 Å². The fourth-order valence-corrected chi connectivity index (χ4v) is 1.91. The third kappa shape index (κ3) is 2.89. The van der Waals surface area contributed by atoms with Crippen LogP contribution in [0.3, 0.4) is 0 Å². The van der Waals surface area contributed by atoms with Crippen LogP contribution >= 0.6 is 11.6 Å². The van der Waals surface area contributed by atoms with Crippen molar-refractivity contribution in [3.8, 4) is 5.69 Å². The van der Waals surface area contributed by atoms with Gasteiger partial charge in [0.05, 0.1) is 10.7 Å². The lowest BCUT2D eigenvalue weighted by Crippen LogP contribution is -2.16. The van der Waals surface area contributed by atoms with E-state index in [1.165, 1.54) is 6.20 Å². The lowest BCUT2D eigenvalue weighted by Gasteiger charge is -2.01. The van der Waals surface area contributed by atoms with E-state index < -0.39 is 11.6 Å². The summed E-state index contributed by atoms with van der Waals surface area (Å²) in [5.74, 6) is -0.364. The van der Waals surface area contributed by atoms with Crippen molar-refractivity contribution in [3.63, 3.8) is 0 Å². The van der Waals surface area contributed by atoms with Crippen molar-refractivity contribution in [1.82, 2.24) is 19.7 Å². The van der Waals surface area contributed by atoms with Crippen molar-refractivity contribution < 1.29 is 4.79 Å². The van der Waals surface area contributed by atoms with Gasteiger partial charge in [0, 0.05) is 6.20 Å². The first-order valence-corrected chi connectivity index (χ1v) is 6.69. The average molecular weight is 316 g/mol. The molecule has 1 amide bonds. The molecule has 1 aromatic carbocycles. The Labute approximate surface area is 129 Å². The van der Waals surface area contributed by atoms with Gasteiger partial charge in [0.15, 0.2) is 0 Å². The van der Waals surface area contributed by atoms with Crippen molar-refractivity contribution >= 4 is 23.3 Å². The predicted molar refractivity (Wildman–Crippen MR) is 81.4 cm³/mol. The van der Waals surface area contributed by atoms with Crippen LogP contribution in [0.25, 0.3) is 5.69 Å². The number of hydrogen-bond donors (Lipinski definition) is 2. The minimum Gasteiger partial charge on any atom is -0.304 e. The van der Waals surface area contributed by atoms with Crippen LogP contribution in [0.4, 0.5) is 5.82 Å². The summed E-state index contributed by atoms with van der Waals surface area (Å²) < 4.78 is 1.12. The summed E-state index contributed by atoms with van der Waals surface area (Å²) in [6, 6.07) is 11.9. The van der Waals surface area contributed by atoms with Crippen LogP contribution < -0.4 is 11.0 Å². The molecule has 2 N–H and O–H groups in total. The number of nitrogens with zero attached hydrogens (tertiary/aromatic N) is 3. The van der Waals surface area contributed by atoms with Crippen LogP contribution in [-0.4, -0.2) is 25.7 Å². The van der Waals surface area contributed by atoms with Crippen molar-refractivity contribution in [2.24, 2.45) is 0 Å². The van der Waals surface area contributed by atoms with Crippen molar-refractivity contribution in [3.05, 3.63) is 70.0 Å². The first-order valence-electron chi connectivity index (χ1n) is 6.31. The topological polar surface area (TPSA) is 92.7 Å². The minimum absolute atomic E-state index is 0.106. The predicted octanol–water partition coefficient (Wildman–Crippen LogP) is 1.86. The number of aromatic amines is 1. The molecule has 0 unspecified atom stereocenters. The molecule has 0 spiro atoms. The Hall–Kier alpha value is -2.93. The first kappa shape index (κ1) is 14.0. The first-order chi connectivity index (χ1) is 10.6. The number of carbonyl (C=O) groups is 1. The van der Waals surface area contributed by atoms with Gasteiger partial charge in [-0.1, -0.05) is 29.8 Å². The molecule has 0 aliphatic rings. The largest absolute Gasteiger partial charge is 0.348 e. The van der Waals surface area contributed by atoms with Crippen LogP contribution in [0, 0.1) is 0 Å². The summed E-state index contributed by atoms with van der Waals surface area (Å²) in [6.07, 6.45) is 1.41. The summed E-state index contributed by atoms with van der Waals surface area (Å²) >= 11 is 5.72. The number of para-hydroxylation sites is 1. The highest BCUT2D eigenvalue weighted by atomic mass is 35.5. The number of amides is 1. The molecule has 2 aromatic heterocycles. The molecule has 0 fully saturated rings. The van der Waals surface area contributed by atoms with Gasteiger partial charge in [-0.3, -0.25) is 9.78 Å². The van der Waals surface area contributed by atoms with Crippen LogP contribution in [0.2, 0.25) is 5.02 Å². The summed E-state index contributed by atoms with van der Waals surface area (Å²) in [5, 5.41) is 6.96. The molecule has 0 aliphatic carbocycles. The molecular weight excluding hydrogens is 306 g/mol. The number of anilines is 1. The molecule has 22 heavy (non-hydrogen) atoms. The van der Waals surface area contributed by atoms with E-state index in [9.17, 15) is 9.59 Å². The quantitative estimate of drug-likeness (QED) is 0.771. The van der Waals surface area contributed by atoms with Gasteiger partial charge >= 0.3 is 5.69 Å². The Bertz CT molecular complexity index is 855. The highest BCUT2D eigenvalue weighted by Crippen LogP contribution is 2.10. The van der Waals surface area contributed by atoms with Crippen molar-refractivity contribution in [1.29, 1.82) is 0 Å². The number of carbonyl (C=O) groups excluding carboxylic acids is 1. The van der Waals surface area contributed by atoms with Gasteiger partial charge in [-0.15, -0.1) is 5.10 Å². The zero-order chi connectivity index (χ0) is 15.5. The Morgan fingerprint density at radius 1 is 1.18 bits per heavy atom. The number of aromatic nitrogens is 4. The van der Waals surface area contributed by atoms with Gasteiger partial charge in [0.25, 0.3) is 5.91 Å². The van der Waals surface area contributed by atoms with Crippen LogP contribution in [0.5, 0.6) is 0 Å². The van der Waals surface area contributed by atoms with Crippen LogP contribution in [-0.2, 0) is 0 Å². The summed E-state index contributed by atoms with van der Waals surface area (Å²) in [6.45, 7) is 0. The van der Waals surface area contributed by atoms with Gasteiger partial charge in [-0.25, -0.2) is 9.78 Å². The molecule has 2 heterocycles. The number of rotatable bonds is 3. The molecule has 7 nitrogen and oxygen atoms in total. The van der Waals surface area contributed by atoms with Gasteiger partial charge in [0.2, 0.25) is 5.82 Å². The standard InChI is InChI=1S/C14H10ClN5O2/c15-9-6-7-11(16-8-9)17-13(21)12-18-14(22)20(19-12)10-4-2-1-3-5-10/h1-8H,(H,16,17,21)(H,18,19,22). The smallest absolute Gasteiger partial charge is 0.304 e. The Morgan fingerprint density at radius 3 is 2.64 bits per heavy atom. The molecule has 3 aromatic rings. The lowest BCUT2D eigenvalue weighted by atomic mass is 10.3. The SMILES string of the molecule is O=C(Nc1ccc(Cl)cn1)c1nn(-c2ccccc2)c(=O)[nH]1.